The smallest absolute Gasteiger partial charge is 0.306 e. The number of rotatable bonds is 57. The van der Waals surface area contributed by atoms with Gasteiger partial charge in [-0.15, -0.1) is 0 Å². The number of carbonyl (C=O) groups excluding carboxylic acids is 2. The van der Waals surface area contributed by atoms with Crippen LogP contribution in [0.25, 0.3) is 0 Å². The number of ether oxygens (including phenoxy) is 3. The highest BCUT2D eigenvalue weighted by Crippen LogP contribution is 2.15. The van der Waals surface area contributed by atoms with Gasteiger partial charge in [-0.05, 0) is 116 Å². The molecule has 0 saturated carbocycles. The van der Waals surface area contributed by atoms with Gasteiger partial charge in [0, 0.05) is 19.4 Å². The number of esters is 2. The van der Waals surface area contributed by atoms with E-state index >= 15 is 0 Å². The molecule has 5 heteroatoms. The molecular weight excluding hydrogens is 885 g/mol. The lowest BCUT2D eigenvalue weighted by atomic mass is 10.1. The Hall–Kier alpha value is -2.92. The van der Waals surface area contributed by atoms with E-state index in [1.165, 1.54) is 180 Å². The Labute approximate surface area is 448 Å². The van der Waals surface area contributed by atoms with E-state index in [4.69, 9.17) is 14.2 Å². The molecule has 0 aromatic carbocycles. The Morgan fingerprint density at radius 1 is 0.319 bits per heavy atom. The van der Waals surface area contributed by atoms with Gasteiger partial charge in [-0.1, -0.05) is 260 Å². The van der Waals surface area contributed by atoms with Crippen LogP contribution in [0.1, 0.15) is 303 Å². The lowest BCUT2D eigenvalue weighted by Gasteiger charge is -2.18. The van der Waals surface area contributed by atoms with Crippen LogP contribution >= 0.6 is 0 Å². The summed E-state index contributed by atoms with van der Waals surface area (Å²) in [5.74, 6) is -0.429. The van der Waals surface area contributed by atoms with Crippen molar-refractivity contribution in [2.24, 2.45) is 0 Å². The van der Waals surface area contributed by atoms with Gasteiger partial charge in [0.1, 0.15) is 6.61 Å². The molecule has 0 heterocycles. The van der Waals surface area contributed by atoms with E-state index < -0.39 is 6.10 Å². The molecule has 0 rings (SSSR count). The Balaban J connectivity index is 4.34. The normalized spacial score (nSPS) is 12.8. The van der Waals surface area contributed by atoms with E-state index in [-0.39, 0.29) is 25.2 Å². The summed E-state index contributed by atoms with van der Waals surface area (Å²) in [5, 5.41) is 0. The largest absolute Gasteiger partial charge is 0.462 e. The zero-order valence-electron chi connectivity index (χ0n) is 47.9. The first-order valence-corrected chi connectivity index (χ1v) is 31.1. The molecule has 0 aromatic rings. The van der Waals surface area contributed by atoms with Crippen molar-refractivity contribution in [2.75, 3.05) is 19.8 Å². The summed E-state index contributed by atoms with van der Waals surface area (Å²) >= 11 is 0. The number of allylic oxidation sites excluding steroid dienone is 14. The predicted molar refractivity (Wildman–Crippen MR) is 316 cm³/mol. The van der Waals surface area contributed by atoms with Crippen LogP contribution in [0.3, 0.4) is 0 Å². The zero-order valence-corrected chi connectivity index (χ0v) is 47.9. The first-order chi connectivity index (χ1) is 35.6. The molecule has 416 valence electrons. The van der Waals surface area contributed by atoms with E-state index in [2.05, 4.69) is 106 Å². The molecule has 0 bridgehead atoms. The van der Waals surface area contributed by atoms with Gasteiger partial charge in [-0.25, -0.2) is 0 Å². The highest BCUT2D eigenvalue weighted by molar-refractivity contribution is 5.70. The summed E-state index contributed by atoms with van der Waals surface area (Å²) in [6, 6.07) is 0. The first-order valence-electron chi connectivity index (χ1n) is 31.1. The van der Waals surface area contributed by atoms with Crippen molar-refractivity contribution in [1.82, 2.24) is 0 Å². The molecule has 0 aromatic heterocycles. The summed E-state index contributed by atoms with van der Waals surface area (Å²) in [7, 11) is 0. The van der Waals surface area contributed by atoms with Crippen molar-refractivity contribution in [3.63, 3.8) is 0 Å². The fourth-order valence-corrected chi connectivity index (χ4v) is 8.76. The van der Waals surface area contributed by atoms with Crippen LogP contribution in [-0.4, -0.2) is 37.9 Å². The maximum absolute atomic E-state index is 12.9. The third-order valence-electron chi connectivity index (χ3n) is 13.4. The first kappa shape index (κ1) is 69.1. The standard InChI is InChI=1S/C67H118O5/c1-4-7-10-13-16-19-22-25-28-31-34-36-39-42-45-48-51-54-57-60-66(68)71-64-65(63-70-62-59-56-53-50-47-44-41-38-33-30-27-24-21-18-15-12-9-6-3)72-67(69)61-58-55-52-49-46-43-40-37-35-32-29-26-23-20-17-14-11-8-5-2/h7,10,16,19,25-30,34,36,42,45,65H,4-6,8-9,11-15,17-18,20-24,31-33,35,37-41,43-44,46-64H2,1-3H3/b10-7-,19-16-,28-25-,29-26-,30-27-,36-34-,45-42-. The maximum atomic E-state index is 12.9. The molecule has 0 aliphatic rings. The van der Waals surface area contributed by atoms with Crippen molar-refractivity contribution in [2.45, 2.75) is 309 Å². The molecule has 0 amide bonds. The minimum absolute atomic E-state index is 0.0645. The molecule has 0 N–H and O–H groups in total. The summed E-state index contributed by atoms with van der Waals surface area (Å²) < 4.78 is 17.5. The number of unbranched alkanes of at least 4 members (excludes halogenated alkanes) is 32. The monoisotopic (exact) mass is 1000 g/mol. The third-order valence-corrected chi connectivity index (χ3v) is 13.4. The summed E-state index contributed by atoms with van der Waals surface area (Å²) in [6.45, 7) is 7.70. The number of hydrogen-bond acceptors (Lipinski definition) is 5. The second-order valence-corrected chi connectivity index (χ2v) is 20.6. The van der Waals surface area contributed by atoms with Gasteiger partial charge in [0.05, 0.1) is 6.61 Å². The second kappa shape index (κ2) is 62.4. The average Bonchev–Trinajstić information content (AvgIpc) is 3.38. The molecule has 1 atom stereocenters. The van der Waals surface area contributed by atoms with Gasteiger partial charge in [0.25, 0.3) is 0 Å². The van der Waals surface area contributed by atoms with Crippen molar-refractivity contribution >= 4 is 11.9 Å². The fraction of sp³-hybridized carbons (Fsp3) is 0.761. The highest BCUT2D eigenvalue weighted by Gasteiger charge is 2.17. The van der Waals surface area contributed by atoms with Gasteiger partial charge in [-0.3, -0.25) is 9.59 Å². The minimum Gasteiger partial charge on any atom is -0.462 e. The van der Waals surface area contributed by atoms with Crippen LogP contribution < -0.4 is 0 Å². The van der Waals surface area contributed by atoms with E-state index in [0.29, 0.717) is 19.4 Å². The maximum Gasteiger partial charge on any atom is 0.306 e. The predicted octanol–water partition coefficient (Wildman–Crippen LogP) is 21.6. The molecule has 0 fully saturated rings. The number of hydrogen-bond donors (Lipinski definition) is 0. The topological polar surface area (TPSA) is 61.8 Å². The SMILES string of the molecule is CC/C=C\C/C=C\C/C=C\C/C=C\C/C=C\CCCCCC(=O)OCC(COCCCCCCCCCC/C=C\CCCCCCCC)OC(=O)CCCCCCCCCCC/C=C\CCCCCCCC. The molecular formula is C67H118O5. The van der Waals surface area contributed by atoms with Gasteiger partial charge in [-0.2, -0.15) is 0 Å². The summed E-state index contributed by atoms with van der Waals surface area (Å²) in [4.78, 5) is 25.6. The highest BCUT2D eigenvalue weighted by atomic mass is 16.6. The molecule has 0 saturated heterocycles. The molecule has 0 aliphatic heterocycles. The van der Waals surface area contributed by atoms with Crippen LogP contribution in [0.15, 0.2) is 85.1 Å². The zero-order chi connectivity index (χ0) is 52.0. The lowest BCUT2D eigenvalue weighted by Crippen LogP contribution is -2.30. The van der Waals surface area contributed by atoms with Crippen LogP contribution in [0, 0.1) is 0 Å². The lowest BCUT2D eigenvalue weighted by molar-refractivity contribution is -0.163. The van der Waals surface area contributed by atoms with Crippen molar-refractivity contribution in [1.29, 1.82) is 0 Å². The van der Waals surface area contributed by atoms with Gasteiger partial charge in [0.2, 0.25) is 0 Å². The third kappa shape index (κ3) is 59.6. The van der Waals surface area contributed by atoms with E-state index in [9.17, 15) is 9.59 Å². The quantitative estimate of drug-likeness (QED) is 0.0345. The minimum atomic E-state index is -0.557. The van der Waals surface area contributed by atoms with Gasteiger partial charge >= 0.3 is 11.9 Å². The average molecular weight is 1000 g/mol. The molecule has 72 heavy (non-hydrogen) atoms. The molecule has 0 spiro atoms. The van der Waals surface area contributed by atoms with Gasteiger partial charge in [0.15, 0.2) is 6.10 Å². The Morgan fingerprint density at radius 2 is 0.625 bits per heavy atom. The van der Waals surface area contributed by atoms with Crippen LogP contribution in [0.2, 0.25) is 0 Å². The summed E-state index contributed by atoms with van der Waals surface area (Å²) in [5.41, 5.74) is 0. The van der Waals surface area contributed by atoms with E-state index in [1.807, 2.05) is 0 Å². The molecule has 0 aliphatic carbocycles. The fourth-order valence-electron chi connectivity index (χ4n) is 8.76. The van der Waals surface area contributed by atoms with Crippen LogP contribution in [0.4, 0.5) is 0 Å². The Morgan fingerprint density at radius 3 is 1.03 bits per heavy atom. The van der Waals surface area contributed by atoms with E-state index in [0.717, 1.165) is 89.9 Å². The Kier molecular flexibility index (Phi) is 59.8. The molecule has 0 radical (unpaired) electrons. The van der Waals surface area contributed by atoms with Crippen molar-refractivity contribution in [3.8, 4) is 0 Å². The second-order valence-electron chi connectivity index (χ2n) is 20.6. The van der Waals surface area contributed by atoms with Crippen molar-refractivity contribution < 1.29 is 23.8 Å². The van der Waals surface area contributed by atoms with Crippen LogP contribution in [0.5, 0.6) is 0 Å². The number of carbonyl (C=O) groups is 2. The van der Waals surface area contributed by atoms with Crippen LogP contribution in [-0.2, 0) is 23.8 Å². The summed E-state index contributed by atoms with van der Waals surface area (Å²) in [6.07, 6.45) is 83.3. The van der Waals surface area contributed by atoms with E-state index in [1.54, 1.807) is 0 Å². The Bertz CT molecular complexity index is 1320. The molecule has 1 unspecified atom stereocenters. The van der Waals surface area contributed by atoms with Gasteiger partial charge < -0.3 is 14.2 Å². The molecule has 5 nitrogen and oxygen atoms in total. The van der Waals surface area contributed by atoms with Crippen molar-refractivity contribution in [3.05, 3.63) is 85.1 Å².